The number of hydrogen-bond donors (Lipinski definition) is 0. The minimum Gasteiger partial charge on any atom is -0.366 e. The minimum atomic E-state index is -0.873. The Morgan fingerprint density at radius 3 is 1.63 bits per heavy atom. The average molecular weight is 370 g/mol. The summed E-state index contributed by atoms with van der Waals surface area (Å²) >= 11 is 0. The highest BCUT2D eigenvalue weighted by molar-refractivity contribution is 4.98. The van der Waals surface area contributed by atoms with Crippen molar-refractivity contribution in [1.29, 1.82) is 0 Å². The maximum Gasteiger partial charge on any atom is 0.188 e. The molecule has 0 N–H and O–H groups in total. The molecule has 0 radical (unpaired) electrons. The van der Waals surface area contributed by atoms with Crippen LogP contribution in [0.3, 0.4) is 0 Å². The molecule has 0 aromatic carbocycles. The van der Waals surface area contributed by atoms with E-state index in [0.717, 1.165) is 0 Å². The topological polar surface area (TPSA) is 55.4 Å². The lowest BCUT2D eigenvalue weighted by molar-refractivity contribution is -0.316. The first kappa shape index (κ1) is 22.6. The number of ether oxygens (including phenoxy) is 6. The third kappa shape index (κ3) is 7.37. The molecule has 0 aromatic heterocycles. The summed E-state index contributed by atoms with van der Waals surface area (Å²) in [4.78, 5) is 0. The summed E-state index contributed by atoms with van der Waals surface area (Å²) in [7, 11) is 0. The lowest BCUT2D eigenvalue weighted by Crippen LogP contribution is -2.62. The van der Waals surface area contributed by atoms with Crippen molar-refractivity contribution in [3.05, 3.63) is 0 Å². The Labute approximate surface area is 161 Å². The molecule has 1 fully saturated rings. The molecular formula is C21H22O6. The second-order valence-electron chi connectivity index (χ2n) is 5.22. The molecule has 6 nitrogen and oxygen atoms in total. The zero-order chi connectivity index (χ0) is 19.9. The summed E-state index contributed by atoms with van der Waals surface area (Å²) in [5.41, 5.74) is 0. The fourth-order valence-corrected chi connectivity index (χ4v) is 2.51. The van der Waals surface area contributed by atoms with E-state index in [0.29, 0.717) is 0 Å². The van der Waals surface area contributed by atoms with Crippen LogP contribution in [0.5, 0.6) is 0 Å². The Morgan fingerprint density at radius 2 is 1.07 bits per heavy atom. The Hall–Kier alpha value is -2.44. The molecule has 1 heterocycles. The van der Waals surface area contributed by atoms with E-state index in [-0.39, 0.29) is 39.6 Å². The molecule has 0 amide bonds. The van der Waals surface area contributed by atoms with E-state index in [1.165, 1.54) is 0 Å². The summed E-state index contributed by atoms with van der Waals surface area (Å²) in [6.45, 7) is 0.247. The quantitative estimate of drug-likeness (QED) is 0.379. The highest BCUT2D eigenvalue weighted by Crippen LogP contribution is 2.29. The van der Waals surface area contributed by atoms with Crippen molar-refractivity contribution in [3.8, 4) is 61.7 Å². The van der Waals surface area contributed by atoms with E-state index in [4.69, 9.17) is 60.5 Å². The molecule has 0 bridgehead atoms. The number of rotatable bonds is 11. The van der Waals surface area contributed by atoms with Crippen molar-refractivity contribution in [3.63, 3.8) is 0 Å². The van der Waals surface area contributed by atoms with Gasteiger partial charge in [-0.2, -0.15) is 0 Å². The Bertz CT molecular complexity index is 638. The van der Waals surface area contributed by atoms with Gasteiger partial charge in [0, 0.05) is 0 Å². The molecule has 0 spiro atoms. The largest absolute Gasteiger partial charge is 0.366 e. The second-order valence-corrected chi connectivity index (χ2v) is 5.22. The standard InChI is InChI=1S/C21H22O6/c1-6-11-22-16-17-18(23-12-7-2)19(24-13-8-3)20(25-14-9-4)21(27-17)26-15-10-5/h1-5,17-21H,11-16H2/t17-,18-,19+,20-,21+/m1/s1. The Kier molecular flexibility index (Phi) is 11.5. The van der Waals surface area contributed by atoms with Crippen LogP contribution in [0.4, 0.5) is 0 Å². The number of terminal acetylenes is 5. The zero-order valence-corrected chi connectivity index (χ0v) is 15.0. The van der Waals surface area contributed by atoms with Crippen molar-refractivity contribution in [2.24, 2.45) is 0 Å². The van der Waals surface area contributed by atoms with Crippen LogP contribution in [0.25, 0.3) is 0 Å². The van der Waals surface area contributed by atoms with Gasteiger partial charge >= 0.3 is 0 Å². The summed E-state index contributed by atoms with van der Waals surface area (Å²) < 4.78 is 34.1. The van der Waals surface area contributed by atoms with Crippen molar-refractivity contribution >= 4 is 0 Å². The molecule has 1 saturated heterocycles. The van der Waals surface area contributed by atoms with Gasteiger partial charge in [-0.15, -0.1) is 32.1 Å². The smallest absolute Gasteiger partial charge is 0.188 e. The summed E-state index contributed by atoms with van der Waals surface area (Å²) in [5.74, 6) is 12.0. The van der Waals surface area contributed by atoms with E-state index in [1.54, 1.807) is 0 Å². The molecule has 142 valence electrons. The van der Waals surface area contributed by atoms with Crippen LogP contribution >= 0.6 is 0 Å². The molecule has 0 aromatic rings. The van der Waals surface area contributed by atoms with Gasteiger partial charge in [0.15, 0.2) is 6.29 Å². The Balaban J connectivity index is 3.10. The van der Waals surface area contributed by atoms with Gasteiger partial charge < -0.3 is 28.4 Å². The van der Waals surface area contributed by atoms with Crippen LogP contribution in [0.15, 0.2) is 0 Å². The lowest BCUT2D eigenvalue weighted by atomic mass is 9.98. The van der Waals surface area contributed by atoms with Gasteiger partial charge in [-0.25, -0.2) is 0 Å². The zero-order valence-electron chi connectivity index (χ0n) is 15.0. The molecular weight excluding hydrogens is 348 g/mol. The predicted molar refractivity (Wildman–Crippen MR) is 98.8 cm³/mol. The van der Waals surface area contributed by atoms with Gasteiger partial charge in [-0.05, 0) is 0 Å². The molecule has 1 rings (SSSR count). The third-order valence-electron chi connectivity index (χ3n) is 3.47. The maximum atomic E-state index is 5.93. The van der Waals surface area contributed by atoms with Crippen molar-refractivity contribution in [2.45, 2.75) is 30.7 Å². The second kappa shape index (κ2) is 13.7. The SMILES string of the molecule is C#CCOC[C@H]1O[C@H](OCC#C)[C@H](OCC#C)[C@@H](OCC#C)[C@@H]1OCC#C. The molecule has 0 saturated carbocycles. The third-order valence-corrected chi connectivity index (χ3v) is 3.47. The van der Waals surface area contributed by atoms with Gasteiger partial charge in [0.05, 0.1) is 6.61 Å². The molecule has 6 heteroatoms. The first-order valence-electron chi connectivity index (χ1n) is 8.10. The molecule has 1 aliphatic heterocycles. The highest BCUT2D eigenvalue weighted by Gasteiger charge is 2.48. The molecule has 0 unspecified atom stereocenters. The Morgan fingerprint density at radius 1 is 0.593 bits per heavy atom. The molecule has 27 heavy (non-hydrogen) atoms. The van der Waals surface area contributed by atoms with Gasteiger partial charge in [-0.3, -0.25) is 0 Å². The van der Waals surface area contributed by atoms with E-state index in [1.807, 2.05) is 0 Å². The van der Waals surface area contributed by atoms with Crippen LogP contribution in [0.2, 0.25) is 0 Å². The van der Waals surface area contributed by atoms with Crippen LogP contribution < -0.4 is 0 Å². The first-order valence-corrected chi connectivity index (χ1v) is 8.10. The lowest BCUT2D eigenvalue weighted by Gasteiger charge is -2.45. The first-order chi connectivity index (χ1) is 13.2. The fraction of sp³-hybridized carbons (Fsp3) is 0.524. The number of hydrogen-bond acceptors (Lipinski definition) is 6. The highest BCUT2D eigenvalue weighted by atomic mass is 16.7. The van der Waals surface area contributed by atoms with Crippen LogP contribution in [0.1, 0.15) is 0 Å². The summed E-state index contributed by atoms with van der Waals surface area (Å²) in [6.07, 6.45) is 22.9. The van der Waals surface area contributed by atoms with Gasteiger partial charge in [0.1, 0.15) is 57.5 Å². The average Bonchev–Trinajstić information content (AvgIpc) is 2.68. The van der Waals surface area contributed by atoms with E-state index < -0.39 is 30.7 Å². The summed E-state index contributed by atoms with van der Waals surface area (Å²) in [5, 5.41) is 0. The van der Waals surface area contributed by atoms with E-state index in [2.05, 4.69) is 29.6 Å². The molecule has 1 aliphatic rings. The van der Waals surface area contributed by atoms with Crippen molar-refractivity contribution in [1.82, 2.24) is 0 Å². The van der Waals surface area contributed by atoms with Crippen molar-refractivity contribution in [2.75, 3.05) is 39.6 Å². The monoisotopic (exact) mass is 370 g/mol. The summed E-state index contributed by atoms with van der Waals surface area (Å²) in [6, 6.07) is 0. The molecule has 0 aliphatic carbocycles. The van der Waals surface area contributed by atoms with E-state index >= 15 is 0 Å². The van der Waals surface area contributed by atoms with Crippen LogP contribution in [-0.2, 0) is 28.4 Å². The van der Waals surface area contributed by atoms with Crippen LogP contribution in [0, 0.1) is 61.7 Å². The van der Waals surface area contributed by atoms with Gasteiger partial charge in [0.25, 0.3) is 0 Å². The van der Waals surface area contributed by atoms with Crippen molar-refractivity contribution < 1.29 is 28.4 Å². The minimum absolute atomic E-state index is 0.0000269. The maximum absolute atomic E-state index is 5.93. The predicted octanol–water partition coefficient (Wildman–Crippen LogP) is 0.0661. The molecule has 5 atom stereocenters. The van der Waals surface area contributed by atoms with E-state index in [9.17, 15) is 0 Å². The fourth-order valence-electron chi connectivity index (χ4n) is 2.51. The normalized spacial score (nSPS) is 26.7. The van der Waals surface area contributed by atoms with Crippen LogP contribution in [-0.4, -0.2) is 70.3 Å². The van der Waals surface area contributed by atoms with Gasteiger partial charge in [0.2, 0.25) is 0 Å². The van der Waals surface area contributed by atoms with Gasteiger partial charge in [-0.1, -0.05) is 29.6 Å².